The van der Waals surface area contributed by atoms with Gasteiger partial charge in [-0.25, -0.2) is 0 Å². The van der Waals surface area contributed by atoms with Crippen molar-refractivity contribution in [3.8, 4) is 35.3 Å². The highest BCUT2D eigenvalue weighted by atomic mass is 28.3. The van der Waals surface area contributed by atoms with Crippen molar-refractivity contribution < 1.29 is 0 Å². The minimum atomic E-state index is -1.16. The third-order valence-corrected chi connectivity index (χ3v) is 20.7. The fraction of sp³-hybridized carbons (Fsp3) is 0.846. The van der Waals surface area contributed by atoms with Crippen LogP contribution in [0.2, 0.25) is 36.3 Å². The molecule has 3 saturated carbocycles. The number of rotatable bonds is 9. The highest BCUT2D eigenvalue weighted by Crippen LogP contribution is 2.28. The standard InChI is InChI=1S/2C15H28Si.C9H14/c2*1-4-16(5-2,6-3)14-10-13-15-11-8-7-9-12-15;1-2-6-9-7-4-3-5-8-9/h2*15H,4-9,11-13H2,1-3H3;1,9H,3-8H2. The van der Waals surface area contributed by atoms with Crippen molar-refractivity contribution in [1.82, 2.24) is 0 Å². The van der Waals surface area contributed by atoms with Gasteiger partial charge in [0.05, 0.1) is 0 Å². The van der Waals surface area contributed by atoms with Gasteiger partial charge < -0.3 is 0 Å². The summed E-state index contributed by atoms with van der Waals surface area (Å²) < 4.78 is 0. The fourth-order valence-electron chi connectivity index (χ4n) is 7.14. The lowest BCUT2D eigenvalue weighted by Crippen LogP contribution is -2.29. The molecular formula is C39H70Si2. The summed E-state index contributed by atoms with van der Waals surface area (Å²) in [4.78, 5) is 0. The third-order valence-electron chi connectivity index (χ3n) is 11.1. The van der Waals surface area contributed by atoms with Crippen molar-refractivity contribution in [2.45, 2.75) is 193 Å². The Bertz CT molecular complexity index is 716. The maximum atomic E-state index is 5.21. The fourth-order valence-corrected chi connectivity index (χ4v) is 12.2. The summed E-state index contributed by atoms with van der Waals surface area (Å²) >= 11 is 0. The highest BCUT2D eigenvalue weighted by Gasteiger charge is 2.25. The predicted octanol–water partition coefficient (Wildman–Crippen LogP) is 12.6. The van der Waals surface area contributed by atoms with Gasteiger partial charge >= 0.3 is 0 Å². The Kier molecular flexibility index (Phi) is 21.9. The second kappa shape index (κ2) is 23.6. The molecule has 0 N–H and O–H groups in total. The molecule has 0 amide bonds. The van der Waals surface area contributed by atoms with E-state index in [-0.39, 0.29) is 0 Å². The van der Waals surface area contributed by atoms with Gasteiger partial charge in [0.2, 0.25) is 0 Å². The van der Waals surface area contributed by atoms with Crippen LogP contribution in [0.3, 0.4) is 0 Å². The van der Waals surface area contributed by atoms with Crippen molar-refractivity contribution in [3.63, 3.8) is 0 Å². The first-order valence-electron chi connectivity index (χ1n) is 18.4. The van der Waals surface area contributed by atoms with Gasteiger partial charge in [-0.2, -0.15) is 0 Å². The first kappa shape index (κ1) is 38.1. The van der Waals surface area contributed by atoms with E-state index in [1.54, 1.807) is 0 Å². The Labute approximate surface area is 261 Å². The second-order valence-electron chi connectivity index (χ2n) is 13.6. The molecule has 0 spiro atoms. The average molecular weight is 595 g/mol. The van der Waals surface area contributed by atoms with E-state index in [9.17, 15) is 0 Å². The van der Waals surface area contributed by atoms with Crippen LogP contribution >= 0.6 is 0 Å². The molecule has 0 atom stereocenters. The summed E-state index contributed by atoms with van der Waals surface area (Å²) in [6.45, 7) is 14.1. The van der Waals surface area contributed by atoms with Crippen molar-refractivity contribution in [1.29, 1.82) is 0 Å². The summed E-state index contributed by atoms with van der Waals surface area (Å²) in [5.74, 6) is 12.6. The predicted molar refractivity (Wildman–Crippen MR) is 192 cm³/mol. The van der Waals surface area contributed by atoms with E-state index >= 15 is 0 Å². The molecule has 3 rings (SSSR count). The molecule has 0 saturated heterocycles. The molecule has 0 nitrogen and oxygen atoms in total. The van der Waals surface area contributed by atoms with Crippen molar-refractivity contribution in [2.24, 2.45) is 17.8 Å². The van der Waals surface area contributed by atoms with E-state index in [1.165, 1.54) is 145 Å². The van der Waals surface area contributed by atoms with Crippen LogP contribution in [0.4, 0.5) is 0 Å². The van der Waals surface area contributed by atoms with E-state index in [0.29, 0.717) is 0 Å². The molecule has 0 unspecified atom stereocenters. The van der Waals surface area contributed by atoms with E-state index < -0.39 is 16.1 Å². The van der Waals surface area contributed by atoms with Crippen LogP contribution in [-0.4, -0.2) is 16.1 Å². The molecule has 3 fully saturated rings. The van der Waals surface area contributed by atoms with Gasteiger partial charge in [0.1, 0.15) is 16.1 Å². The minimum absolute atomic E-state index is 0.865. The van der Waals surface area contributed by atoms with Gasteiger partial charge in [-0.15, -0.1) is 35.3 Å². The highest BCUT2D eigenvalue weighted by molar-refractivity contribution is 6.87. The summed E-state index contributed by atoms with van der Waals surface area (Å²) in [6, 6.07) is 8.07. The molecule has 2 heteroatoms. The SMILES string of the molecule is C#CCC1CCCCC1.CC[Si](C#CCC1CCCCC1)(CC)CC.CC[Si](C#CCC1CCCCC1)(CC)CC. The minimum Gasteiger partial charge on any atom is -0.131 e. The molecule has 3 aliphatic carbocycles. The van der Waals surface area contributed by atoms with Crippen LogP contribution in [0.5, 0.6) is 0 Å². The molecule has 0 heterocycles. The molecular weight excluding hydrogens is 525 g/mol. The Morgan fingerprint density at radius 1 is 0.439 bits per heavy atom. The van der Waals surface area contributed by atoms with Crippen LogP contribution in [0.15, 0.2) is 0 Å². The molecule has 234 valence electrons. The average Bonchev–Trinajstić information content (AvgIpc) is 3.04. The lowest BCUT2D eigenvalue weighted by Gasteiger charge is -2.21. The van der Waals surface area contributed by atoms with Crippen molar-refractivity contribution in [2.75, 3.05) is 0 Å². The maximum Gasteiger partial charge on any atom is 0.137 e. The van der Waals surface area contributed by atoms with Crippen LogP contribution in [0.1, 0.15) is 157 Å². The zero-order valence-corrected chi connectivity index (χ0v) is 30.8. The zero-order chi connectivity index (χ0) is 30.2. The first-order valence-corrected chi connectivity index (χ1v) is 23.6. The van der Waals surface area contributed by atoms with Gasteiger partial charge in [0, 0.05) is 19.3 Å². The number of hydrogen-bond acceptors (Lipinski definition) is 0. The molecule has 0 aromatic rings. The lowest BCUT2D eigenvalue weighted by molar-refractivity contribution is 0.365. The van der Waals surface area contributed by atoms with Crippen LogP contribution < -0.4 is 0 Å². The summed E-state index contributed by atoms with van der Waals surface area (Å²) in [6.07, 6.45) is 30.1. The normalized spacial score (nSPS) is 18.7. The topological polar surface area (TPSA) is 0 Å². The van der Waals surface area contributed by atoms with Crippen molar-refractivity contribution >= 4 is 16.1 Å². The van der Waals surface area contributed by atoms with E-state index in [0.717, 1.165) is 24.2 Å². The van der Waals surface area contributed by atoms with Gasteiger partial charge in [-0.1, -0.05) is 99.3 Å². The smallest absolute Gasteiger partial charge is 0.131 e. The van der Waals surface area contributed by atoms with Crippen LogP contribution in [0, 0.1) is 53.0 Å². The molecule has 3 aliphatic rings. The second-order valence-corrected chi connectivity index (χ2v) is 23.5. The molecule has 0 aliphatic heterocycles. The van der Waals surface area contributed by atoms with Gasteiger partial charge in [-0.05, 0) is 92.5 Å². The molecule has 41 heavy (non-hydrogen) atoms. The summed E-state index contributed by atoms with van der Waals surface area (Å²) in [5.41, 5.74) is 7.44. The number of terminal acetylenes is 1. The lowest BCUT2D eigenvalue weighted by atomic mass is 9.87. The first-order chi connectivity index (χ1) is 20.0. The molecule has 0 radical (unpaired) electrons. The largest absolute Gasteiger partial charge is 0.137 e. The molecule has 0 aromatic carbocycles. The summed E-state index contributed by atoms with van der Waals surface area (Å²) in [7, 11) is -2.33. The van der Waals surface area contributed by atoms with E-state index in [4.69, 9.17) is 6.42 Å². The van der Waals surface area contributed by atoms with Crippen molar-refractivity contribution in [3.05, 3.63) is 0 Å². The monoisotopic (exact) mass is 595 g/mol. The van der Waals surface area contributed by atoms with Gasteiger partial charge in [0.15, 0.2) is 0 Å². The Hall–Kier alpha value is -0.886. The van der Waals surface area contributed by atoms with E-state index in [1.807, 2.05) is 0 Å². The van der Waals surface area contributed by atoms with E-state index in [2.05, 4.69) is 70.4 Å². The Balaban J connectivity index is 0.000000320. The zero-order valence-electron chi connectivity index (χ0n) is 28.8. The maximum absolute atomic E-state index is 5.21. The van der Waals surface area contributed by atoms with Crippen LogP contribution in [-0.2, 0) is 0 Å². The molecule has 0 bridgehead atoms. The number of hydrogen-bond donors (Lipinski definition) is 0. The van der Waals surface area contributed by atoms with Gasteiger partial charge in [-0.3, -0.25) is 0 Å². The van der Waals surface area contributed by atoms with Crippen LogP contribution in [0.25, 0.3) is 0 Å². The summed E-state index contributed by atoms with van der Waals surface area (Å²) in [5, 5.41) is 0. The van der Waals surface area contributed by atoms with Gasteiger partial charge in [0.25, 0.3) is 0 Å². The Morgan fingerprint density at radius 2 is 0.707 bits per heavy atom. The Morgan fingerprint density at radius 3 is 0.951 bits per heavy atom. The quantitative estimate of drug-likeness (QED) is 0.184. The molecule has 0 aromatic heterocycles. The third kappa shape index (κ3) is 16.0.